The van der Waals surface area contributed by atoms with Crippen molar-refractivity contribution >= 4 is 23.2 Å². The molecule has 1 aliphatic heterocycles. The van der Waals surface area contributed by atoms with Gasteiger partial charge in [-0.2, -0.15) is 0 Å². The lowest BCUT2D eigenvalue weighted by Gasteiger charge is -2.19. The van der Waals surface area contributed by atoms with Crippen molar-refractivity contribution in [3.63, 3.8) is 0 Å². The van der Waals surface area contributed by atoms with Crippen molar-refractivity contribution in [2.24, 2.45) is 0 Å². The van der Waals surface area contributed by atoms with Crippen LogP contribution in [0.1, 0.15) is 30.1 Å². The van der Waals surface area contributed by atoms with Gasteiger partial charge in [-0.1, -0.05) is 0 Å². The molecule has 0 aromatic heterocycles. The predicted octanol–water partition coefficient (Wildman–Crippen LogP) is 3.47. The van der Waals surface area contributed by atoms with Gasteiger partial charge in [0.05, 0.1) is 19.4 Å². The van der Waals surface area contributed by atoms with Crippen LogP contribution in [0.2, 0.25) is 0 Å². The molecule has 0 aliphatic carbocycles. The first-order chi connectivity index (χ1) is 12.6. The number of hydrogen-bond donors (Lipinski definition) is 1. The highest BCUT2D eigenvalue weighted by atomic mass is 16.5. The van der Waals surface area contributed by atoms with Gasteiger partial charge in [0.15, 0.2) is 0 Å². The number of benzene rings is 2. The van der Waals surface area contributed by atoms with Crippen molar-refractivity contribution in [2.45, 2.75) is 19.8 Å². The number of anilines is 2. The molecule has 6 nitrogen and oxygen atoms in total. The van der Waals surface area contributed by atoms with Gasteiger partial charge in [-0.25, -0.2) is 0 Å². The van der Waals surface area contributed by atoms with E-state index in [9.17, 15) is 9.59 Å². The Morgan fingerprint density at radius 1 is 1.19 bits per heavy atom. The maximum Gasteiger partial charge on any atom is 0.255 e. The van der Waals surface area contributed by atoms with Crippen molar-refractivity contribution in [1.82, 2.24) is 0 Å². The van der Waals surface area contributed by atoms with Crippen LogP contribution < -0.4 is 19.7 Å². The molecule has 1 aliphatic rings. The third-order valence-electron chi connectivity index (χ3n) is 4.23. The summed E-state index contributed by atoms with van der Waals surface area (Å²) in [4.78, 5) is 26.1. The molecule has 2 aromatic carbocycles. The van der Waals surface area contributed by atoms with E-state index in [2.05, 4.69) is 5.32 Å². The molecule has 0 radical (unpaired) electrons. The average molecular weight is 354 g/mol. The third-order valence-corrected chi connectivity index (χ3v) is 4.23. The van der Waals surface area contributed by atoms with Crippen LogP contribution in [0.5, 0.6) is 11.5 Å². The summed E-state index contributed by atoms with van der Waals surface area (Å²) in [7, 11) is 1.55. The molecule has 2 amide bonds. The van der Waals surface area contributed by atoms with Crippen molar-refractivity contribution in [3.05, 3.63) is 48.0 Å². The second kappa shape index (κ2) is 7.91. The summed E-state index contributed by atoms with van der Waals surface area (Å²) >= 11 is 0. The summed E-state index contributed by atoms with van der Waals surface area (Å²) in [6.45, 7) is 3.18. The molecular formula is C20H22N2O4. The number of carbonyl (C=O) groups is 2. The molecule has 136 valence electrons. The molecule has 0 bridgehead atoms. The highest BCUT2D eigenvalue weighted by Gasteiger charge is 2.24. The summed E-state index contributed by atoms with van der Waals surface area (Å²) in [5, 5.41) is 2.85. The number of nitrogens with one attached hydrogen (secondary N) is 1. The van der Waals surface area contributed by atoms with Crippen LogP contribution in [0.4, 0.5) is 11.4 Å². The number of hydrogen-bond acceptors (Lipinski definition) is 4. The first kappa shape index (κ1) is 17.8. The molecular weight excluding hydrogens is 332 g/mol. The van der Waals surface area contributed by atoms with E-state index in [1.165, 1.54) is 0 Å². The van der Waals surface area contributed by atoms with Crippen molar-refractivity contribution in [2.75, 3.05) is 30.5 Å². The summed E-state index contributed by atoms with van der Waals surface area (Å²) in [6.07, 6.45) is 1.40. The number of ether oxygens (including phenoxy) is 2. The number of nitrogens with zero attached hydrogens (tertiary/aromatic N) is 1. The van der Waals surface area contributed by atoms with Gasteiger partial charge in [0.1, 0.15) is 11.5 Å². The normalized spacial score (nSPS) is 13.6. The first-order valence-electron chi connectivity index (χ1n) is 8.65. The molecule has 0 atom stereocenters. The lowest BCUT2D eigenvalue weighted by molar-refractivity contribution is -0.117. The van der Waals surface area contributed by atoms with E-state index < -0.39 is 0 Å². The average Bonchev–Trinajstić information content (AvgIpc) is 3.08. The molecule has 1 N–H and O–H groups in total. The Hall–Kier alpha value is -3.02. The Balaban J connectivity index is 1.75. The Labute approximate surface area is 152 Å². The zero-order valence-electron chi connectivity index (χ0n) is 15.0. The molecule has 1 saturated heterocycles. The van der Waals surface area contributed by atoms with Gasteiger partial charge in [0.2, 0.25) is 5.91 Å². The summed E-state index contributed by atoms with van der Waals surface area (Å²) in [5.74, 6) is 1.16. The molecule has 0 spiro atoms. The minimum atomic E-state index is -0.222. The Bertz CT molecular complexity index is 802. The van der Waals surface area contributed by atoms with E-state index in [1.54, 1.807) is 54.5 Å². The van der Waals surface area contributed by atoms with E-state index in [4.69, 9.17) is 9.47 Å². The van der Waals surface area contributed by atoms with Gasteiger partial charge in [0, 0.05) is 30.3 Å². The number of amides is 2. The Kier molecular flexibility index (Phi) is 5.41. The van der Waals surface area contributed by atoms with Gasteiger partial charge in [0.25, 0.3) is 5.91 Å². The maximum atomic E-state index is 12.4. The van der Waals surface area contributed by atoms with E-state index in [0.29, 0.717) is 36.6 Å². The fourth-order valence-corrected chi connectivity index (χ4v) is 2.95. The topological polar surface area (TPSA) is 67.9 Å². The van der Waals surface area contributed by atoms with Crippen LogP contribution in [-0.2, 0) is 4.79 Å². The van der Waals surface area contributed by atoms with Gasteiger partial charge < -0.3 is 19.7 Å². The van der Waals surface area contributed by atoms with Crippen LogP contribution in [0.3, 0.4) is 0 Å². The molecule has 6 heteroatoms. The fraction of sp³-hybridized carbons (Fsp3) is 0.300. The monoisotopic (exact) mass is 354 g/mol. The Morgan fingerprint density at radius 2 is 1.96 bits per heavy atom. The largest absolute Gasteiger partial charge is 0.494 e. The molecule has 0 unspecified atom stereocenters. The van der Waals surface area contributed by atoms with Gasteiger partial charge in [-0.15, -0.1) is 0 Å². The van der Waals surface area contributed by atoms with E-state index in [1.807, 2.05) is 6.92 Å². The summed E-state index contributed by atoms with van der Waals surface area (Å²) in [5.41, 5.74) is 1.87. The van der Waals surface area contributed by atoms with Crippen LogP contribution in [0, 0.1) is 0 Å². The summed E-state index contributed by atoms with van der Waals surface area (Å²) < 4.78 is 10.8. The maximum absolute atomic E-state index is 12.4. The number of rotatable bonds is 6. The van der Waals surface area contributed by atoms with Crippen molar-refractivity contribution in [3.8, 4) is 11.5 Å². The lowest BCUT2D eigenvalue weighted by Crippen LogP contribution is -2.24. The van der Waals surface area contributed by atoms with Crippen LogP contribution in [-0.4, -0.2) is 32.1 Å². The Morgan fingerprint density at radius 3 is 2.58 bits per heavy atom. The van der Waals surface area contributed by atoms with Crippen LogP contribution >= 0.6 is 0 Å². The predicted molar refractivity (Wildman–Crippen MR) is 100 cm³/mol. The fourth-order valence-electron chi connectivity index (χ4n) is 2.95. The molecule has 1 heterocycles. The van der Waals surface area contributed by atoms with Gasteiger partial charge >= 0.3 is 0 Å². The number of methoxy groups -OCH3 is 1. The standard InChI is InChI=1S/C20H22N2O4/c1-3-26-16-9-6-14(7-10-16)20(24)21-15-8-11-17(18(13-15)25-2)22-12-4-5-19(22)23/h6-11,13H,3-5,12H2,1-2H3,(H,21,24). The zero-order valence-corrected chi connectivity index (χ0v) is 15.0. The summed E-state index contributed by atoms with van der Waals surface area (Å²) in [6, 6.07) is 12.3. The first-order valence-corrected chi connectivity index (χ1v) is 8.65. The smallest absolute Gasteiger partial charge is 0.255 e. The van der Waals surface area contributed by atoms with Crippen molar-refractivity contribution < 1.29 is 19.1 Å². The minimum absolute atomic E-state index is 0.0921. The van der Waals surface area contributed by atoms with E-state index >= 15 is 0 Å². The third kappa shape index (κ3) is 3.79. The quantitative estimate of drug-likeness (QED) is 0.862. The highest BCUT2D eigenvalue weighted by molar-refractivity contribution is 6.05. The minimum Gasteiger partial charge on any atom is -0.494 e. The van der Waals surface area contributed by atoms with Gasteiger partial charge in [-0.05, 0) is 49.7 Å². The van der Waals surface area contributed by atoms with E-state index in [0.717, 1.165) is 17.9 Å². The molecule has 0 saturated carbocycles. The van der Waals surface area contributed by atoms with E-state index in [-0.39, 0.29) is 11.8 Å². The number of carbonyl (C=O) groups excluding carboxylic acids is 2. The second-order valence-corrected chi connectivity index (χ2v) is 5.95. The molecule has 26 heavy (non-hydrogen) atoms. The lowest BCUT2D eigenvalue weighted by atomic mass is 10.2. The van der Waals surface area contributed by atoms with Crippen molar-refractivity contribution in [1.29, 1.82) is 0 Å². The second-order valence-electron chi connectivity index (χ2n) is 5.95. The molecule has 2 aromatic rings. The highest BCUT2D eigenvalue weighted by Crippen LogP contribution is 2.34. The molecule has 3 rings (SSSR count). The molecule has 1 fully saturated rings. The zero-order chi connectivity index (χ0) is 18.5. The van der Waals surface area contributed by atoms with Gasteiger partial charge in [-0.3, -0.25) is 9.59 Å². The SMILES string of the molecule is CCOc1ccc(C(=O)Nc2ccc(N3CCCC3=O)c(OC)c2)cc1. The van der Waals surface area contributed by atoms with Crippen LogP contribution in [0.15, 0.2) is 42.5 Å². The van der Waals surface area contributed by atoms with Crippen LogP contribution in [0.25, 0.3) is 0 Å².